The largest absolute Gasteiger partial charge is 0.497 e. The van der Waals surface area contributed by atoms with E-state index >= 15 is 0 Å². The van der Waals surface area contributed by atoms with Crippen LogP contribution in [0.15, 0.2) is 71.3 Å². The number of oxazole rings is 1. The van der Waals surface area contributed by atoms with Gasteiger partial charge in [-0.25, -0.2) is 9.78 Å². The quantitative estimate of drug-likeness (QED) is 0.472. The number of carbonyl (C=O) groups is 1. The monoisotopic (exact) mass is 403 g/mol. The van der Waals surface area contributed by atoms with E-state index in [4.69, 9.17) is 14.3 Å². The van der Waals surface area contributed by atoms with Gasteiger partial charge < -0.3 is 19.2 Å². The van der Waals surface area contributed by atoms with Gasteiger partial charge in [0.15, 0.2) is 0 Å². The average molecular weight is 403 g/mol. The van der Waals surface area contributed by atoms with Gasteiger partial charge in [0.05, 0.1) is 12.7 Å². The van der Waals surface area contributed by atoms with Crippen molar-refractivity contribution in [3.63, 3.8) is 0 Å². The third-order valence-electron chi connectivity index (χ3n) is 4.83. The third-order valence-corrected chi connectivity index (χ3v) is 4.83. The van der Waals surface area contributed by atoms with Crippen molar-refractivity contribution in [1.29, 1.82) is 0 Å². The number of ether oxygens (including phenoxy) is 1. The fraction of sp³-hybridized carbons (Fsp3) is 0.174. The molecule has 1 N–H and O–H groups in total. The average Bonchev–Trinajstić information content (AvgIpc) is 3.21. The van der Waals surface area contributed by atoms with Gasteiger partial charge in [-0.1, -0.05) is 24.3 Å². The summed E-state index contributed by atoms with van der Waals surface area (Å²) in [6.07, 6.45) is 2.45. The van der Waals surface area contributed by atoms with Crippen LogP contribution in [0.1, 0.15) is 21.5 Å². The summed E-state index contributed by atoms with van der Waals surface area (Å²) in [6, 6.07) is 18.9. The Balaban J connectivity index is 1.57. The minimum atomic E-state index is -0.942. The van der Waals surface area contributed by atoms with E-state index in [9.17, 15) is 4.79 Å². The molecule has 0 saturated heterocycles. The number of pyridine rings is 1. The molecule has 0 aliphatic carbocycles. The standard InChI is InChI=1S/C23H21N3O4/c1-29-19-10-6-16(7-11-19)12-14-26(15-17-4-8-18(9-5-17)22(27)28)23-25-20-3-2-13-24-21(20)30-23/h2-11,13H,12,14-15H2,1H3,(H,27,28). The van der Waals surface area contributed by atoms with Crippen LogP contribution in [0.2, 0.25) is 0 Å². The van der Waals surface area contributed by atoms with Crippen molar-refractivity contribution in [3.05, 3.63) is 83.6 Å². The lowest BCUT2D eigenvalue weighted by molar-refractivity contribution is 0.0697. The molecule has 7 nitrogen and oxygen atoms in total. The van der Waals surface area contributed by atoms with E-state index in [1.807, 2.05) is 53.4 Å². The van der Waals surface area contributed by atoms with Crippen LogP contribution in [0.5, 0.6) is 5.75 Å². The highest BCUT2D eigenvalue weighted by molar-refractivity contribution is 5.87. The van der Waals surface area contributed by atoms with Crippen LogP contribution >= 0.6 is 0 Å². The number of methoxy groups -OCH3 is 1. The Kier molecular flexibility index (Phi) is 5.61. The highest BCUT2D eigenvalue weighted by atomic mass is 16.5. The van der Waals surface area contributed by atoms with E-state index < -0.39 is 5.97 Å². The van der Waals surface area contributed by atoms with E-state index in [1.165, 1.54) is 0 Å². The fourth-order valence-corrected chi connectivity index (χ4v) is 3.17. The number of aromatic carboxylic acids is 1. The molecule has 152 valence electrons. The number of fused-ring (bicyclic) bond motifs is 1. The van der Waals surface area contributed by atoms with Gasteiger partial charge in [0.2, 0.25) is 5.71 Å². The highest BCUT2D eigenvalue weighted by Gasteiger charge is 2.16. The minimum absolute atomic E-state index is 0.259. The minimum Gasteiger partial charge on any atom is -0.497 e. The molecule has 0 amide bonds. The molecular weight excluding hydrogens is 382 g/mol. The summed E-state index contributed by atoms with van der Waals surface area (Å²) in [5.74, 6) is -0.123. The summed E-state index contributed by atoms with van der Waals surface area (Å²) < 4.78 is 11.1. The van der Waals surface area contributed by atoms with Crippen LogP contribution in [0.25, 0.3) is 11.2 Å². The lowest BCUT2D eigenvalue weighted by Crippen LogP contribution is -2.25. The van der Waals surface area contributed by atoms with Gasteiger partial charge in [-0.15, -0.1) is 0 Å². The third kappa shape index (κ3) is 4.41. The normalized spacial score (nSPS) is 10.8. The fourth-order valence-electron chi connectivity index (χ4n) is 3.17. The SMILES string of the molecule is COc1ccc(CCN(Cc2ccc(C(=O)O)cc2)c2nc3cccnc3o2)cc1. The summed E-state index contributed by atoms with van der Waals surface area (Å²) in [5, 5.41) is 9.11. The molecule has 0 spiro atoms. The number of benzene rings is 2. The second-order valence-electron chi connectivity index (χ2n) is 6.85. The maximum atomic E-state index is 11.1. The van der Waals surface area contributed by atoms with Crippen molar-refractivity contribution < 1.29 is 19.1 Å². The van der Waals surface area contributed by atoms with Crippen molar-refractivity contribution in [3.8, 4) is 5.75 Å². The lowest BCUT2D eigenvalue weighted by atomic mass is 10.1. The molecule has 0 unspecified atom stereocenters. The Labute approximate surface area is 173 Å². The highest BCUT2D eigenvalue weighted by Crippen LogP contribution is 2.23. The molecule has 0 radical (unpaired) electrons. The number of anilines is 1. The number of carboxylic acid groups (broad SMARTS) is 1. The predicted molar refractivity (Wildman–Crippen MR) is 113 cm³/mol. The Morgan fingerprint density at radius 1 is 1.07 bits per heavy atom. The van der Waals surface area contributed by atoms with Crippen LogP contribution in [0.3, 0.4) is 0 Å². The first kappa shape index (κ1) is 19.4. The molecule has 30 heavy (non-hydrogen) atoms. The number of hydrogen-bond donors (Lipinski definition) is 1. The molecule has 2 aromatic heterocycles. The van der Waals surface area contributed by atoms with Crippen molar-refractivity contribution in [1.82, 2.24) is 9.97 Å². The van der Waals surface area contributed by atoms with Gasteiger partial charge in [0, 0.05) is 19.3 Å². The molecule has 0 bridgehead atoms. The lowest BCUT2D eigenvalue weighted by Gasteiger charge is -2.21. The molecule has 0 atom stereocenters. The summed E-state index contributed by atoms with van der Waals surface area (Å²) in [7, 11) is 1.65. The Hall–Kier alpha value is -3.87. The maximum absolute atomic E-state index is 11.1. The van der Waals surface area contributed by atoms with Gasteiger partial charge in [-0.2, -0.15) is 4.98 Å². The topological polar surface area (TPSA) is 88.7 Å². The van der Waals surface area contributed by atoms with Crippen LogP contribution < -0.4 is 9.64 Å². The van der Waals surface area contributed by atoms with Gasteiger partial charge >= 0.3 is 5.97 Å². The van der Waals surface area contributed by atoms with E-state index in [0.29, 0.717) is 30.3 Å². The van der Waals surface area contributed by atoms with E-state index in [2.05, 4.69) is 9.97 Å². The second kappa shape index (κ2) is 8.65. The van der Waals surface area contributed by atoms with Crippen molar-refractivity contribution in [2.45, 2.75) is 13.0 Å². The van der Waals surface area contributed by atoms with E-state index in [0.717, 1.165) is 23.3 Å². The number of aromatic nitrogens is 2. The first-order valence-corrected chi connectivity index (χ1v) is 9.54. The molecule has 0 fully saturated rings. The van der Waals surface area contributed by atoms with Gasteiger partial charge in [-0.3, -0.25) is 0 Å². The first-order valence-electron chi connectivity index (χ1n) is 9.54. The zero-order valence-electron chi connectivity index (χ0n) is 16.5. The number of nitrogens with zero attached hydrogens (tertiary/aromatic N) is 3. The van der Waals surface area contributed by atoms with E-state index in [1.54, 1.807) is 25.4 Å². The molecule has 7 heteroatoms. The molecule has 4 rings (SSSR count). The zero-order chi connectivity index (χ0) is 20.9. The maximum Gasteiger partial charge on any atom is 0.335 e. The van der Waals surface area contributed by atoms with Gasteiger partial charge in [0.1, 0.15) is 11.3 Å². The predicted octanol–water partition coefficient (Wildman–Crippen LogP) is 4.18. The number of carboxylic acids is 1. The van der Waals surface area contributed by atoms with Crippen LogP contribution in [-0.4, -0.2) is 34.7 Å². The Bertz CT molecular complexity index is 1100. The van der Waals surface area contributed by atoms with Gasteiger partial charge in [-0.05, 0) is 53.9 Å². The Morgan fingerprint density at radius 2 is 1.80 bits per heavy atom. The van der Waals surface area contributed by atoms with Crippen LogP contribution in [0, 0.1) is 0 Å². The van der Waals surface area contributed by atoms with Crippen LogP contribution in [-0.2, 0) is 13.0 Å². The smallest absolute Gasteiger partial charge is 0.335 e. The summed E-state index contributed by atoms with van der Waals surface area (Å²) in [6.45, 7) is 1.20. The molecule has 2 heterocycles. The van der Waals surface area contributed by atoms with E-state index in [-0.39, 0.29) is 5.56 Å². The van der Waals surface area contributed by atoms with Crippen LogP contribution in [0.4, 0.5) is 6.01 Å². The molecule has 0 aliphatic heterocycles. The van der Waals surface area contributed by atoms with Crippen molar-refractivity contribution in [2.24, 2.45) is 0 Å². The summed E-state index contributed by atoms with van der Waals surface area (Å²) >= 11 is 0. The molecule has 0 aliphatic rings. The van der Waals surface area contributed by atoms with Crippen molar-refractivity contribution >= 4 is 23.2 Å². The number of hydrogen-bond acceptors (Lipinski definition) is 6. The zero-order valence-corrected chi connectivity index (χ0v) is 16.5. The summed E-state index contributed by atoms with van der Waals surface area (Å²) in [4.78, 5) is 21.9. The molecule has 4 aromatic rings. The summed E-state index contributed by atoms with van der Waals surface area (Å²) in [5.41, 5.74) is 3.57. The number of rotatable bonds is 8. The molecular formula is C23H21N3O4. The van der Waals surface area contributed by atoms with Crippen molar-refractivity contribution in [2.75, 3.05) is 18.6 Å². The molecule has 0 saturated carbocycles. The molecule has 2 aromatic carbocycles. The van der Waals surface area contributed by atoms with Gasteiger partial charge in [0.25, 0.3) is 6.01 Å². The first-order chi connectivity index (χ1) is 14.6. The second-order valence-corrected chi connectivity index (χ2v) is 6.85. The Morgan fingerprint density at radius 3 is 2.47 bits per heavy atom.